The van der Waals surface area contributed by atoms with Gasteiger partial charge in [-0.1, -0.05) is 6.07 Å². The molecule has 0 saturated heterocycles. The minimum Gasteiger partial charge on any atom is -0.466 e. The van der Waals surface area contributed by atoms with Gasteiger partial charge in [0.2, 0.25) is 0 Å². The topological polar surface area (TPSA) is 52.3 Å². The molecule has 0 aromatic heterocycles. The number of anilines is 1. The summed E-state index contributed by atoms with van der Waals surface area (Å²) < 4.78 is 18.5. The molecule has 3 nitrogen and oxygen atoms in total. The number of carbonyl (C=O) groups is 1. The first-order chi connectivity index (χ1) is 9.11. The van der Waals surface area contributed by atoms with E-state index in [1.54, 1.807) is 6.07 Å². The molecule has 2 rings (SSSR count). The molecule has 0 amide bonds. The van der Waals surface area contributed by atoms with Crippen LogP contribution in [-0.4, -0.2) is 12.6 Å². The van der Waals surface area contributed by atoms with Crippen LogP contribution in [0.15, 0.2) is 18.2 Å². The SMILES string of the molecule is CCOC(=O)[C@H]1CC[C@H](c2ccc(N)c(F)c2)CC1.Cl. The molecule has 1 aromatic carbocycles. The highest BCUT2D eigenvalue weighted by molar-refractivity contribution is 5.85. The lowest BCUT2D eigenvalue weighted by Crippen LogP contribution is -2.23. The maximum absolute atomic E-state index is 13.4. The minimum atomic E-state index is -0.356. The van der Waals surface area contributed by atoms with Gasteiger partial charge in [0.15, 0.2) is 0 Å². The lowest BCUT2D eigenvalue weighted by Gasteiger charge is -2.27. The van der Waals surface area contributed by atoms with Crippen molar-refractivity contribution in [1.29, 1.82) is 0 Å². The number of ether oxygens (including phenoxy) is 1. The van der Waals surface area contributed by atoms with Gasteiger partial charge in [-0.15, -0.1) is 12.4 Å². The van der Waals surface area contributed by atoms with Crippen molar-refractivity contribution >= 4 is 24.1 Å². The Morgan fingerprint density at radius 2 is 2.00 bits per heavy atom. The molecular formula is C15H21ClFNO2. The molecule has 1 saturated carbocycles. The van der Waals surface area contributed by atoms with Crippen LogP contribution in [0.3, 0.4) is 0 Å². The summed E-state index contributed by atoms with van der Waals surface area (Å²) >= 11 is 0. The van der Waals surface area contributed by atoms with Crippen molar-refractivity contribution < 1.29 is 13.9 Å². The second kappa shape index (κ2) is 7.48. The third-order valence-electron chi connectivity index (χ3n) is 3.84. The molecule has 112 valence electrons. The fourth-order valence-electron chi connectivity index (χ4n) is 2.72. The van der Waals surface area contributed by atoms with Crippen molar-refractivity contribution in [3.63, 3.8) is 0 Å². The predicted octanol–water partition coefficient (Wildman–Crippen LogP) is 3.67. The van der Waals surface area contributed by atoms with Crippen molar-refractivity contribution in [3.05, 3.63) is 29.6 Å². The Bertz CT molecular complexity index is 459. The number of nitrogens with two attached hydrogens (primary N) is 1. The predicted molar refractivity (Wildman–Crippen MR) is 79.4 cm³/mol. The van der Waals surface area contributed by atoms with Gasteiger partial charge in [-0.2, -0.15) is 0 Å². The molecule has 0 aliphatic heterocycles. The average Bonchev–Trinajstić information content (AvgIpc) is 2.42. The molecule has 2 N–H and O–H groups in total. The second-order valence-electron chi connectivity index (χ2n) is 5.08. The van der Waals surface area contributed by atoms with Gasteiger partial charge >= 0.3 is 5.97 Å². The Morgan fingerprint density at radius 1 is 1.35 bits per heavy atom. The summed E-state index contributed by atoms with van der Waals surface area (Å²) in [5.41, 5.74) is 6.64. The molecule has 0 radical (unpaired) electrons. The summed E-state index contributed by atoms with van der Waals surface area (Å²) in [7, 11) is 0. The Kier molecular flexibility index (Phi) is 6.27. The number of carbonyl (C=O) groups excluding carboxylic acids is 1. The zero-order chi connectivity index (χ0) is 13.8. The van der Waals surface area contributed by atoms with E-state index in [2.05, 4.69) is 0 Å². The Morgan fingerprint density at radius 3 is 2.55 bits per heavy atom. The van der Waals surface area contributed by atoms with Crippen LogP contribution in [0.5, 0.6) is 0 Å². The van der Waals surface area contributed by atoms with E-state index < -0.39 is 0 Å². The fourth-order valence-corrected chi connectivity index (χ4v) is 2.72. The van der Waals surface area contributed by atoms with Crippen molar-refractivity contribution in [2.24, 2.45) is 5.92 Å². The molecule has 0 heterocycles. The molecule has 0 bridgehead atoms. The van der Waals surface area contributed by atoms with Crippen LogP contribution in [0.4, 0.5) is 10.1 Å². The van der Waals surface area contributed by atoms with Crippen molar-refractivity contribution in [3.8, 4) is 0 Å². The number of halogens is 2. The summed E-state index contributed by atoms with van der Waals surface area (Å²) in [5, 5.41) is 0. The Balaban J connectivity index is 0.00000200. The minimum absolute atomic E-state index is 0. The molecule has 0 spiro atoms. The van der Waals surface area contributed by atoms with E-state index in [0.29, 0.717) is 12.5 Å². The highest BCUT2D eigenvalue weighted by atomic mass is 35.5. The number of nitrogen functional groups attached to an aromatic ring is 1. The van der Waals surface area contributed by atoms with Gasteiger partial charge in [0.05, 0.1) is 18.2 Å². The zero-order valence-electron chi connectivity index (χ0n) is 11.6. The molecule has 1 aliphatic carbocycles. The summed E-state index contributed by atoms with van der Waals surface area (Å²) in [4.78, 5) is 11.6. The molecule has 1 fully saturated rings. The zero-order valence-corrected chi connectivity index (χ0v) is 12.4. The van der Waals surface area contributed by atoms with E-state index in [4.69, 9.17) is 10.5 Å². The van der Waals surface area contributed by atoms with Crippen LogP contribution in [-0.2, 0) is 9.53 Å². The Labute approximate surface area is 125 Å². The third kappa shape index (κ3) is 3.85. The first kappa shape index (κ1) is 16.8. The summed E-state index contributed by atoms with van der Waals surface area (Å²) in [6.45, 7) is 2.25. The van der Waals surface area contributed by atoms with Gasteiger partial charge in [-0.3, -0.25) is 4.79 Å². The van der Waals surface area contributed by atoms with E-state index in [1.807, 2.05) is 13.0 Å². The smallest absolute Gasteiger partial charge is 0.308 e. The van der Waals surface area contributed by atoms with E-state index in [9.17, 15) is 9.18 Å². The van der Waals surface area contributed by atoms with E-state index in [1.165, 1.54) is 6.07 Å². The first-order valence-corrected chi connectivity index (χ1v) is 6.83. The average molecular weight is 302 g/mol. The van der Waals surface area contributed by atoms with Gasteiger partial charge in [0.25, 0.3) is 0 Å². The molecule has 1 aliphatic rings. The van der Waals surface area contributed by atoms with Crippen molar-refractivity contribution in [1.82, 2.24) is 0 Å². The normalized spacial score (nSPS) is 21.9. The van der Waals surface area contributed by atoms with E-state index >= 15 is 0 Å². The quantitative estimate of drug-likeness (QED) is 0.684. The maximum Gasteiger partial charge on any atom is 0.308 e. The van der Waals surface area contributed by atoms with Crippen LogP contribution < -0.4 is 5.73 Å². The third-order valence-corrected chi connectivity index (χ3v) is 3.84. The number of hydrogen-bond donors (Lipinski definition) is 1. The highest BCUT2D eigenvalue weighted by Gasteiger charge is 2.28. The van der Waals surface area contributed by atoms with Gasteiger partial charge in [-0.25, -0.2) is 4.39 Å². The Hall–Kier alpha value is -1.29. The van der Waals surface area contributed by atoms with Gasteiger partial charge < -0.3 is 10.5 Å². The van der Waals surface area contributed by atoms with Gasteiger partial charge in [0.1, 0.15) is 5.82 Å². The largest absolute Gasteiger partial charge is 0.466 e. The highest BCUT2D eigenvalue weighted by Crippen LogP contribution is 2.36. The number of esters is 1. The van der Waals surface area contributed by atoms with Crippen molar-refractivity contribution in [2.75, 3.05) is 12.3 Å². The first-order valence-electron chi connectivity index (χ1n) is 6.83. The maximum atomic E-state index is 13.4. The number of hydrogen-bond acceptors (Lipinski definition) is 3. The van der Waals surface area contributed by atoms with Gasteiger partial charge in [-0.05, 0) is 56.2 Å². The molecule has 5 heteroatoms. The number of benzene rings is 1. The molecule has 0 atom stereocenters. The molecule has 1 aromatic rings. The molecule has 20 heavy (non-hydrogen) atoms. The van der Waals surface area contributed by atoms with Crippen LogP contribution in [0.2, 0.25) is 0 Å². The lowest BCUT2D eigenvalue weighted by molar-refractivity contribution is -0.149. The van der Waals surface area contributed by atoms with Crippen LogP contribution in [0, 0.1) is 11.7 Å². The second-order valence-corrected chi connectivity index (χ2v) is 5.08. The van der Waals surface area contributed by atoms with Crippen LogP contribution in [0.25, 0.3) is 0 Å². The van der Waals surface area contributed by atoms with Crippen LogP contribution >= 0.6 is 12.4 Å². The number of rotatable bonds is 3. The molecular weight excluding hydrogens is 281 g/mol. The lowest BCUT2D eigenvalue weighted by atomic mass is 9.78. The van der Waals surface area contributed by atoms with Gasteiger partial charge in [0, 0.05) is 0 Å². The summed E-state index contributed by atoms with van der Waals surface area (Å²) in [6.07, 6.45) is 3.42. The summed E-state index contributed by atoms with van der Waals surface area (Å²) in [5.74, 6) is -0.120. The van der Waals surface area contributed by atoms with E-state index in [0.717, 1.165) is 31.2 Å². The standard InChI is InChI=1S/C15H20FNO2.ClH/c1-2-19-15(18)11-5-3-10(4-6-11)12-7-8-14(17)13(16)9-12;/h7-11H,2-6,17H2,1H3;1H/t10-,11-;. The monoisotopic (exact) mass is 301 g/mol. The molecule has 0 unspecified atom stereocenters. The van der Waals surface area contributed by atoms with E-state index in [-0.39, 0.29) is 35.8 Å². The fraction of sp³-hybridized carbons (Fsp3) is 0.533. The van der Waals surface area contributed by atoms with Crippen molar-refractivity contribution in [2.45, 2.75) is 38.5 Å². The van der Waals surface area contributed by atoms with Crippen LogP contribution in [0.1, 0.15) is 44.1 Å². The summed E-state index contributed by atoms with van der Waals surface area (Å²) in [6, 6.07) is 5.01.